The fourth-order valence-corrected chi connectivity index (χ4v) is 5.09. The molecule has 0 bridgehead atoms. The minimum Gasteiger partial charge on any atom is -0.481 e. The van der Waals surface area contributed by atoms with Gasteiger partial charge in [0.05, 0.1) is 11.1 Å². The van der Waals surface area contributed by atoms with Gasteiger partial charge in [-0.15, -0.1) is 29.6 Å². The fourth-order valence-electron chi connectivity index (χ4n) is 3.13. The summed E-state index contributed by atoms with van der Waals surface area (Å²) >= 11 is 2.95. The quantitative estimate of drug-likeness (QED) is 0.363. The Morgan fingerprint density at radius 1 is 1.29 bits per heavy atom. The Morgan fingerprint density at radius 2 is 1.97 bits per heavy atom. The molecule has 0 amide bonds. The Kier molecular flexibility index (Phi) is 8.15. The van der Waals surface area contributed by atoms with Crippen LogP contribution in [-0.4, -0.2) is 46.7 Å². The van der Waals surface area contributed by atoms with E-state index in [0.717, 1.165) is 15.6 Å². The van der Waals surface area contributed by atoms with Crippen LogP contribution in [0.5, 0.6) is 5.75 Å². The molecule has 2 aromatic rings. The number of benzene rings is 1. The summed E-state index contributed by atoms with van der Waals surface area (Å²) in [4.78, 5) is 17.8. The number of likely N-dealkylation sites (N-methyl/N-ethyl adjacent to an activating group) is 1. The van der Waals surface area contributed by atoms with Crippen molar-refractivity contribution in [3.05, 3.63) is 52.8 Å². The number of ether oxygens (including phenoxy) is 1. The molecule has 7 nitrogen and oxygen atoms in total. The standard InChI is InChI=1S/C23H27F3N4O3S2/c1-21(2,19(31)32)14-35-20-27-16(13-34-20)10-12-30(4)18-9-11-22(3,29-28-18)15-5-7-17(8-6-15)33-23(24,25)26/h5-9,13H,10-12,14H2,1-4H3,(H,31,32). The number of hydrogen-bond acceptors (Lipinski definition) is 8. The number of carboxylic acids is 1. The van der Waals surface area contributed by atoms with Gasteiger partial charge in [-0.05, 0) is 44.5 Å². The van der Waals surface area contributed by atoms with Crippen LogP contribution in [0.4, 0.5) is 13.2 Å². The van der Waals surface area contributed by atoms with Crippen molar-refractivity contribution in [2.24, 2.45) is 15.6 Å². The van der Waals surface area contributed by atoms with Crippen LogP contribution in [0.15, 0.2) is 56.1 Å². The average Bonchev–Trinajstić information content (AvgIpc) is 3.24. The molecule has 0 spiro atoms. The molecular formula is C23H27F3N4O3S2. The maximum absolute atomic E-state index is 12.4. The highest BCUT2D eigenvalue weighted by Crippen LogP contribution is 2.36. The van der Waals surface area contributed by atoms with Crippen LogP contribution < -0.4 is 4.74 Å². The number of azo groups is 1. The minimum atomic E-state index is -4.73. The highest BCUT2D eigenvalue weighted by atomic mass is 32.2. The second kappa shape index (κ2) is 10.6. The van der Waals surface area contributed by atoms with E-state index in [1.165, 1.54) is 35.2 Å². The van der Waals surface area contributed by atoms with Crippen molar-refractivity contribution >= 4 is 29.1 Å². The maximum Gasteiger partial charge on any atom is 0.573 e. The lowest BCUT2D eigenvalue weighted by molar-refractivity contribution is -0.274. The van der Waals surface area contributed by atoms with Gasteiger partial charge in [0.25, 0.3) is 0 Å². The lowest BCUT2D eigenvalue weighted by Gasteiger charge is -2.29. The van der Waals surface area contributed by atoms with Gasteiger partial charge in [-0.2, -0.15) is 5.11 Å². The molecule has 1 aliphatic heterocycles. The molecule has 1 aromatic heterocycles. The second-order valence-electron chi connectivity index (χ2n) is 9.07. The zero-order chi connectivity index (χ0) is 25.9. The van der Waals surface area contributed by atoms with E-state index < -0.39 is 23.3 Å². The zero-order valence-electron chi connectivity index (χ0n) is 19.8. The molecule has 1 atom stereocenters. The number of carbonyl (C=O) groups is 1. The van der Waals surface area contributed by atoms with Crippen molar-refractivity contribution in [3.8, 4) is 5.75 Å². The first kappa shape index (κ1) is 27.0. The van der Waals surface area contributed by atoms with E-state index in [1.807, 2.05) is 30.3 Å². The molecule has 0 radical (unpaired) electrons. The summed E-state index contributed by atoms with van der Waals surface area (Å²) < 4.78 is 41.9. The van der Waals surface area contributed by atoms with E-state index in [1.54, 1.807) is 26.0 Å². The molecule has 1 N–H and O–H groups in total. The number of carboxylic acid groups (broad SMARTS) is 1. The third kappa shape index (κ3) is 7.44. The van der Waals surface area contributed by atoms with E-state index >= 15 is 0 Å². The van der Waals surface area contributed by atoms with Crippen LogP contribution in [0.3, 0.4) is 0 Å². The van der Waals surface area contributed by atoms with E-state index in [4.69, 9.17) is 0 Å². The molecule has 3 rings (SSSR count). The van der Waals surface area contributed by atoms with Gasteiger partial charge >= 0.3 is 12.3 Å². The average molecular weight is 529 g/mol. The smallest absolute Gasteiger partial charge is 0.481 e. The van der Waals surface area contributed by atoms with Gasteiger partial charge in [-0.25, -0.2) is 4.98 Å². The lowest BCUT2D eigenvalue weighted by atomic mass is 9.89. The molecule has 1 aliphatic rings. The predicted octanol–water partition coefficient (Wildman–Crippen LogP) is 6.33. The molecule has 0 saturated carbocycles. The van der Waals surface area contributed by atoms with Crippen LogP contribution in [0.25, 0.3) is 0 Å². The number of nitrogens with zero attached hydrogens (tertiary/aromatic N) is 4. The summed E-state index contributed by atoms with van der Waals surface area (Å²) in [7, 11) is 1.91. The third-order valence-electron chi connectivity index (χ3n) is 5.53. The van der Waals surface area contributed by atoms with E-state index in [-0.39, 0.29) is 5.75 Å². The Balaban J connectivity index is 1.52. The summed E-state index contributed by atoms with van der Waals surface area (Å²) in [6.45, 7) is 5.93. The van der Waals surface area contributed by atoms with Gasteiger partial charge < -0.3 is 14.7 Å². The molecule has 0 saturated heterocycles. The van der Waals surface area contributed by atoms with Crippen molar-refractivity contribution in [2.75, 3.05) is 19.3 Å². The third-order valence-corrected chi connectivity index (χ3v) is 8.05. The molecule has 0 fully saturated rings. The maximum atomic E-state index is 12.4. The number of aromatic nitrogens is 1. The number of halogens is 3. The van der Waals surface area contributed by atoms with Crippen LogP contribution in [-0.2, 0) is 16.8 Å². The molecule has 12 heteroatoms. The van der Waals surface area contributed by atoms with Crippen LogP contribution in [0, 0.1) is 5.41 Å². The van der Waals surface area contributed by atoms with Crippen molar-refractivity contribution < 1.29 is 27.8 Å². The molecule has 190 valence electrons. The van der Waals surface area contributed by atoms with Gasteiger partial charge in [0.2, 0.25) is 0 Å². The predicted molar refractivity (Wildman–Crippen MR) is 129 cm³/mol. The zero-order valence-corrected chi connectivity index (χ0v) is 21.4. The Bertz CT molecular complexity index is 1100. The molecular weight excluding hydrogens is 501 g/mol. The molecule has 2 heterocycles. The minimum absolute atomic E-state index is 0.275. The van der Waals surface area contributed by atoms with Crippen molar-refractivity contribution in [1.82, 2.24) is 9.88 Å². The lowest BCUT2D eigenvalue weighted by Crippen LogP contribution is -2.26. The van der Waals surface area contributed by atoms with Gasteiger partial charge in [-0.3, -0.25) is 4.79 Å². The SMILES string of the molecule is CN(CCc1csc(SCC(C)(C)C(=O)O)n1)C1=CCC(C)(c2ccc(OC(F)(F)F)cc2)N=N1. The Morgan fingerprint density at radius 3 is 2.54 bits per heavy atom. The number of alkyl halides is 3. The summed E-state index contributed by atoms with van der Waals surface area (Å²) in [6, 6.07) is 5.69. The summed E-state index contributed by atoms with van der Waals surface area (Å²) in [6.07, 6.45) is -1.52. The van der Waals surface area contributed by atoms with Crippen molar-refractivity contribution in [2.45, 2.75) is 49.9 Å². The largest absolute Gasteiger partial charge is 0.573 e. The Labute approximate surface area is 210 Å². The number of hydrogen-bond donors (Lipinski definition) is 1. The first-order chi connectivity index (χ1) is 16.3. The van der Waals surface area contributed by atoms with E-state index in [2.05, 4.69) is 19.9 Å². The number of thiazole rings is 1. The highest BCUT2D eigenvalue weighted by molar-refractivity contribution is 8.01. The summed E-state index contributed by atoms with van der Waals surface area (Å²) in [5.41, 5.74) is 0.179. The Hall–Kier alpha value is -2.60. The van der Waals surface area contributed by atoms with Crippen molar-refractivity contribution in [1.29, 1.82) is 0 Å². The molecule has 35 heavy (non-hydrogen) atoms. The monoisotopic (exact) mass is 528 g/mol. The highest BCUT2D eigenvalue weighted by Gasteiger charge is 2.32. The normalized spacial score (nSPS) is 18.3. The second-order valence-corrected chi connectivity index (χ2v) is 11.1. The number of thioether (sulfide) groups is 1. The van der Waals surface area contributed by atoms with Crippen LogP contribution in [0.1, 0.15) is 38.4 Å². The molecule has 1 aromatic carbocycles. The first-order valence-corrected chi connectivity index (χ1v) is 12.6. The van der Waals surface area contributed by atoms with Gasteiger partial charge in [0.1, 0.15) is 21.4 Å². The van der Waals surface area contributed by atoms with Gasteiger partial charge in [0.15, 0.2) is 0 Å². The van der Waals surface area contributed by atoms with Crippen LogP contribution in [0.2, 0.25) is 0 Å². The fraction of sp³-hybridized carbons (Fsp3) is 0.478. The van der Waals surface area contributed by atoms with Gasteiger partial charge in [0, 0.05) is 37.6 Å². The van der Waals surface area contributed by atoms with Crippen LogP contribution >= 0.6 is 23.1 Å². The van der Waals surface area contributed by atoms with E-state index in [0.29, 0.717) is 31.0 Å². The molecule has 0 aliphatic carbocycles. The number of rotatable bonds is 10. The topological polar surface area (TPSA) is 87.4 Å². The first-order valence-electron chi connectivity index (χ1n) is 10.8. The summed E-state index contributed by atoms with van der Waals surface area (Å²) in [5, 5.41) is 20.0. The van der Waals surface area contributed by atoms with E-state index in [9.17, 15) is 23.1 Å². The number of aliphatic carboxylic acids is 1. The summed E-state index contributed by atoms with van der Waals surface area (Å²) in [5.74, 6) is 0.0523. The molecule has 1 unspecified atom stereocenters. The van der Waals surface area contributed by atoms with Crippen molar-refractivity contribution in [3.63, 3.8) is 0 Å². The van der Waals surface area contributed by atoms with Gasteiger partial charge in [-0.1, -0.05) is 23.9 Å².